The van der Waals surface area contributed by atoms with Gasteiger partial charge in [0.2, 0.25) is 10.0 Å². The van der Waals surface area contributed by atoms with Crippen LogP contribution in [0.4, 0.5) is 4.39 Å². The molecule has 1 aromatic heterocycles. The summed E-state index contributed by atoms with van der Waals surface area (Å²) in [5.74, 6) is -0.539. The molecule has 0 aliphatic rings. The summed E-state index contributed by atoms with van der Waals surface area (Å²) in [6.07, 6.45) is 0.213. The number of pyridine rings is 1. The summed E-state index contributed by atoms with van der Waals surface area (Å²) in [6, 6.07) is 10.0. The second-order valence-electron chi connectivity index (χ2n) is 6.97. The van der Waals surface area contributed by atoms with Crippen molar-refractivity contribution in [3.63, 3.8) is 0 Å². The van der Waals surface area contributed by atoms with Gasteiger partial charge in [0.15, 0.2) is 0 Å². The molecule has 2 N–H and O–H groups in total. The zero-order valence-electron chi connectivity index (χ0n) is 16.3. The average Bonchev–Trinajstić information content (AvgIpc) is 2.69. The molecule has 6 nitrogen and oxygen atoms in total. The lowest BCUT2D eigenvalue weighted by atomic mass is 10.0. The van der Waals surface area contributed by atoms with Crippen LogP contribution in [0, 0.1) is 19.7 Å². The average molecular weight is 418 g/mol. The van der Waals surface area contributed by atoms with Crippen molar-refractivity contribution < 1.29 is 17.9 Å². The molecule has 29 heavy (non-hydrogen) atoms. The van der Waals surface area contributed by atoms with Crippen LogP contribution in [-0.2, 0) is 16.6 Å². The molecule has 0 unspecified atom stereocenters. The first-order valence-electron chi connectivity index (χ1n) is 9.22. The van der Waals surface area contributed by atoms with E-state index in [1.54, 1.807) is 6.07 Å². The minimum Gasteiger partial charge on any atom is -0.396 e. The molecular weight excluding hydrogens is 395 g/mol. The van der Waals surface area contributed by atoms with Crippen LogP contribution in [0.5, 0.6) is 0 Å². The van der Waals surface area contributed by atoms with Crippen LogP contribution in [-0.4, -0.2) is 36.0 Å². The molecule has 154 valence electrons. The van der Waals surface area contributed by atoms with Crippen LogP contribution in [0.3, 0.4) is 0 Å². The first-order valence-corrected chi connectivity index (χ1v) is 10.7. The Labute approximate surface area is 168 Å². The van der Waals surface area contributed by atoms with Gasteiger partial charge in [-0.1, -0.05) is 12.1 Å². The van der Waals surface area contributed by atoms with Gasteiger partial charge in [-0.3, -0.25) is 4.79 Å². The van der Waals surface area contributed by atoms with Crippen LogP contribution in [0.25, 0.3) is 10.9 Å². The minimum atomic E-state index is -3.97. The van der Waals surface area contributed by atoms with Crippen LogP contribution in [0.1, 0.15) is 23.1 Å². The number of rotatable bonds is 7. The highest BCUT2D eigenvalue weighted by molar-refractivity contribution is 7.89. The molecule has 0 spiro atoms. The molecule has 0 aliphatic heterocycles. The van der Waals surface area contributed by atoms with E-state index in [-0.39, 0.29) is 36.6 Å². The van der Waals surface area contributed by atoms with E-state index < -0.39 is 15.8 Å². The molecule has 0 bridgehead atoms. The van der Waals surface area contributed by atoms with Gasteiger partial charge in [0, 0.05) is 25.3 Å². The van der Waals surface area contributed by atoms with Crippen molar-refractivity contribution in [2.45, 2.75) is 31.7 Å². The molecule has 0 aliphatic carbocycles. The number of aromatic nitrogens is 1. The topological polar surface area (TPSA) is 90.5 Å². The van der Waals surface area contributed by atoms with Crippen molar-refractivity contribution in [3.8, 4) is 0 Å². The predicted octanol–water partition coefficient (Wildman–Crippen LogP) is 2.86. The van der Waals surface area contributed by atoms with Gasteiger partial charge in [-0.2, -0.15) is 4.31 Å². The van der Waals surface area contributed by atoms with Gasteiger partial charge >= 0.3 is 0 Å². The Bertz CT molecular complexity index is 1190. The number of aryl methyl sites for hydroxylation is 2. The van der Waals surface area contributed by atoms with Gasteiger partial charge in [-0.15, -0.1) is 0 Å². The maximum absolute atomic E-state index is 13.2. The number of fused-ring (bicyclic) bond motifs is 1. The van der Waals surface area contributed by atoms with Crippen LogP contribution >= 0.6 is 0 Å². The summed E-state index contributed by atoms with van der Waals surface area (Å²) in [5, 5.41) is 9.98. The highest BCUT2D eigenvalue weighted by Gasteiger charge is 2.25. The quantitative estimate of drug-likeness (QED) is 0.617. The maximum Gasteiger partial charge on any atom is 0.252 e. The normalized spacial score (nSPS) is 12.0. The minimum absolute atomic E-state index is 0.0284. The third kappa shape index (κ3) is 4.39. The van der Waals surface area contributed by atoms with E-state index in [0.29, 0.717) is 5.56 Å². The Morgan fingerprint density at radius 1 is 1.10 bits per heavy atom. The lowest BCUT2D eigenvalue weighted by Gasteiger charge is -2.22. The van der Waals surface area contributed by atoms with Crippen molar-refractivity contribution >= 4 is 20.9 Å². The molecule has 3 rings (SSSR count). The van der Waals surface area contributed by atoms with Crippen LogP contribution in [0.2, 0.25) is 0 Å². The van der Waals surface area contributed by atoms with E-state index in [2.05, 4.69) is 4.98 Å². The van der Waals surface area contributed by atoms with Gasteiger partial charge < -0.3 is 10.1 Å². The first-order chi connectivity index (χ1) is 13.7. The van der Waals surface area contributed by atoms with Gasteiger partial charge in [-0.05, 0) is 67.1 Å². The number of benzene rings is 2. The molecule has 0 atom stereocenters. The summed E-state index contributed by atoms with van der Waals surface area (Å²) in [7, 11) is -3.97. The number of nitrogens with one attached hydrogen (secondary N) is 1. The number of hydrogen-bond donors (Lipinski definition) is 2. The third-order valence-corrected chi connectivity index (χ3v) is 6.85. The number of sulfonamides is 1. The number of nitrogens with zero attached hydrogens (tertiary/aromatic N) is 1. The maximum atomic E-state index is 13.2. The molecule has 0 saturated heterocycles. The Morgan fingerprint density at radius 3 is 2.45 bits per heavy atom. The second-order valence-corrected chi connectivity index (χ2v) is 8.90. The summed E-state index contributed by atoms with van der Waals surface area (Å²) >= 11 is 0. The van der Waals surface area contributed by atoms with E-state index in [1.165, 1.54) is 12.1 Å². The van der Waals surface area contributed by atoms with Gasteiger partial charge in [-0.25, -0.2) is 12.8 Å². The number of H-pyrrole nitrogens is 1. The van der Waals surface area contributed by atoms with E-state index >= 15 is 0 Å². The molecular formula is C21H23FN2O4S. The van der Waals surface area contributed by atoms with Crippen molar-refractivity contribution in [2.75, 3.05) is 13.2 Å². The molecule has 1 heterocycles. The fourth-order valence-corrected chi connectivity index (χ4v) is 4.62. The predicted molar refractivity (Wildman–Crippen MR) is 110 cm³/mol. The van der Waals surface area contributed by atoms with E-state index in [1.807, 2.05) is 26.0 Å². The number of aliphatic hydroxyl groups excluding tert-OH is 1. The molecule has 8 heteroatoms. The Kier molecular flexibility index (Phi) is 6.16. The monoisotopic (exact) mass is 418 g/mol. The third-order valence-electron chi connectivity index (χ3n) is 4.99. The summed E-state index contributed by atoms with van der Waals surface area (Å²) in [5.41, 5.74) is 2.66. The van der Waals surface area contributed by atoms with Gasteiger partial charge in [0.1, 0.15) is 5.82 Å². The van der Waals surface area contributed by atoms with E-state index in [0.717, 1.165) is 38.5 Å². The molecule has 3 aromatic rings. The molecule has 0 fully saturated rings. The largest absolute Gasteiger partial charge is 0.396 e. The SMILES string of the molecule is Cc1ccc2cc(CN(CCCO)S(=O)(=O)c3ccc(F)cc3)c(=O)[nH]c2c1C. The number of aromatic amines is 1. The summed E-state index contributed by atoms with van der Waals surface area (Å²) < 4.78 is 40.4. The zero-order chi connectivity index (χ0) is 21.2. The molecule has 0 saturated carbocycles. The first kappa shape index (κ1) is 21.2. The summed E-state index contributed by atoms with van der Waals surface area (Å²) in [4.78, 5) is 15.4. The number of aliphatic hydroxyl groups is 1. The molecule has 2 aromatic carbocycles. The van der Waals surface area contributed by atoms with Crippen molar-refractivity contribution in [1.29, 1.82) is 0 Å². The Balaban J connectivity index is 2.03. The van der Waals surface area contributed by atoms with Crippen molar-refractivity contribution in [3.05, 3.63) is 75.3 Å². The Hall–Kier alpha value is -2.55. The van der Waals surface area contributed by atoms with Gasteiger partial charge in [0.25, 0.3) is 5.56 Å². The number of halogens is 1. The highest BCUT2D eigenvalue weighted by Crippen LogP contribution is 2.22. The van der Waals surface area contributed by atoms with E-state index in [9.17, 15) is 17.6 Å². The van der Waals surface area contributed by atoms with Gasteiger partial charge in [0.05, 0.1) is 10.4 Å². The van der Waals surface area contributed by atoms with Crippen molar-refractivity contribution in [2.24, 2.45) is 0 Å². The smallest absolute Gasteiger partial charge is 0.252 e. The lowest BCUT2D eigenvalue weighted by molar-refractivity contribution is 0.267. The molecule has 0 amide bonds. The Morgan fingerprint density at radius 2 is 1.79 bits per heavy atom. The van der Waals surface area contributed by atoms with Crippen molar-refractivity contribution in [1.82, 2.24) is 9.29 Å². The van der Waals surface area contributed by atoms with E-state index in [4.69, 9.17) is 5.11 Å². The lowest BCUT2D eigenvalue weighted by Crippen LogP contribution is -2.34. The second kappa shape index (κ2) is 8.44. The highest BCUT2D eigenvalue weighted by atomic mass is 32.2. The fraction of sp³-hybridized carbons (Fsp3) is 0.286. The fourth-order valence-electron chi connectivity index (χ4n) is 3.16. The zero-order valence-corrected chi connectivity index (χ0v) is 17.1. The number of hydrogen-bond acceptors (Lipinski definition) is 4. The van der Waals surface area contributed by atoms with Crippen LogP contribution in [0.15, 0.2) is 52.2 Å². The van der Waals surface area contributed by atoms with Crippen LogP contribution < -0.4 is 5.56 Å². The molecule has 0 radical (unpaired) electrons. The summed E-state index contributed by atoms with van der Waals surface area (Å²) in [6.45, 7) is 3.55. The standard InChI is InChI=1S/C21H23FN2O4S/c1-14-4-5-16-12-17(21(26)23-20(16)15(14)2)13-24(10-3-11-25)29(27,28)19-8-6-18(22)7-9-19/h4-9,12,25H,3,10-11,13H2,1-2H3,(H,23,26).